The van der Waals surface area contributed by atoms with Crippen molar-refractivity contribution < 1.29 is 9.90 Å². The number of thioether (sulfide) groups is 1. The van der Waals surface area contributed by atoms with Gasteiger partial charge in [0.05, 0.1) is 0 Å². The van der Waals surface area contributed by atoms with Crippen LogP contribution in [-0.2, 0) is 12.5 Å². The lowest BCUT2D eigenvalue weighted by Crippen LogP contribution is -2.37. The van der Waals surface area contributed by atoms with Gasteiger partial charge in [-0.25, -0.2) is 4.79 Å². The summed E-state index contributed by atoms with van der Waals surface area (Å²) in [5.41, 5.74) is -0.0568. The summed E-state index contributed by atoms with van der Waals surface area (Å²) in [5.74, 6) is 5.01. The first-order valence-electron chi connectivity index (χ1n) is 8.38. The van der Waals surface area contributed by atoms with Gasteiger partial charge in [-0.2, -0.15) is 11.8 Å². The molecule has 6 nitrogen and oxygen atoms in total. The van der Waals surface area contributed by atoms with Gasteiger partial charge in [0.15, 0.2) is 0 Å². The summed E-state index contributed by atoms with van der Waals surface area (Å²) in [5, 5.41) is 18.0. The Labute approximate surface area is 153 Å². The zero-order valence-corrected chi connectivity index (χ0v) is 16.2. The Hall–Kier alpha value is -0.950. The second-order valence-corrected chi connectivity index (χ2v) is 8.45. The first-order chi connectivity index (χ1) is 11.4. The molecule has 1 saturated heterocycles. The molecular formula is C16H27ClN4O2S. The average Bonchev–Trinajstić information content (AvgIpc) is 2.94. The fraction of sp³-hybridized carbons (Fsp3) is 0.812. The highest BCUT2D eigenvalue weighted by Gasteiger charge is 2.31. The SMILES string of the molecule is Cn1c(C2CCN(C(=O)O)CC2)nnc1C(C)(C)CSCCCCl. The molecular weight excluding hydrogens is 348 g/mol. The molecule has 8 heteroatoms. The van der Waals surface area contributed by atoms with Gasteiger partial charge in [-0.15, -0.1) is 21.8 Å². The van der Waals surface area contributed by atoms with Crippen molar-refractivity contribution in [1.29, 1.82) is 0 Å². The van der Waals surface area contributed by atoms with Crippen LogP contribution >= 0.6 is 23.4 Å². The Kier molecular flexibility index (Phi) is 6.80. The molecule has 1 aliphatic heterocycles. The number of rotatable bonds is 7. The van der Waals surface area contributed by atoms with Crippen LogP contribution in [0.2, 0.25) is 0 Å². The number of hydrogen-bond donors (Lipinski definition) is 1. The summed E-state index contributed by atoms with van der Waals surface area (Å²) in [7, 11) is 2.03. The van der Waals surface area contributed by atoms with Crippen molar-refractivity contribution >= 4 is 29.5 Å². The fourth-order valence-corrected chi connectivity index (χ4v) is 4.59. The van der Waals surface area contributed by atoms with Gasteiger partial charge in [-0.3, -0.25) is 0 Å². The smallest absolute Gasteiger partial charge is 0.407 e. The molecule has 1 aliphatic rings. The predicted molar refractivity (Wildman–Crippen MR) is 98.3 cm³/mol. The minimum absolute atomic E-state index is 0.0568. The molecule has 0 aromatic carbocycles. The van der Waals surface area contributed by atoms with E-state index in [0.717, 1.165) is 42.4 Å². The van der Waals surface area contributed by atoms with E-state index in [1.54, 1.807) is 0 Å². The Morgan fingerprint density at radius 2 is 2.04 bits per heavy atom. The molecule has 24 heavy (non-hydrogen) atoms. The van der Waals surface area contributed by atoms with Crippen LogP contribution in [0.3, 0.4) is 0 Å². The number of halogens is 1. The van der Waals surface area contributed by atoms with E-state index in [9.17, 15) is 4.79 Å². The van der Waals surface area contributed by atoms with E-state index in [-0.39, 0.29) is 11.3 Å². The van der Waals surface area contributed by atoms with E-state index in [4.69, 9.17) is 16.7 Å². The lowest BCUT2D eigenvalue weighted by Gasteiger charge is -2.30. The summed E-state index contributed by atoms with van der Waals surface area (Å²) in [6.45, 7) is 5.53. The van der Waals surface area contributed by atoms with Crippen LogP contribution in [0.5, 0.6) is 0 Å². The number of carbonyl (C=O) groups is 1. The first-order valence-corrected chi connectivity index (χ1v) is 10.1. The van der Waals surface area contributed by atoms with E-state index in [0.29, 0.717) is 19.0 Å². The molecule has 1 aromatic heterocycles. The van der Waals surface area contributed by atoms with E-state index in [1.165, 1.54) is 4.90 Å². The van der Waals surface area contributed by atoms with Gasteiger partial charge < -0.3 is 14.6 Å². The Balaban J connectivity index is 2.01. The van der Waals surface area contributed by atoms with Gasteiger partial charge in [0.25, 0.3) is 0 Å². The molecule has 2 heterocycles. The quantitative estimate of drug-likeness (QED) is 0.585. The number of hydrogen-bond acceptors (Lipinski definition) is 4. The molecule has 1 aromatic rings. The average molecular weight is 375 g/mol. The van der Waals surface area contributed by atoms with Crippen LogP contribution in [-0.4, -0.2) is 61.3 Å². The van der Waals surface area contributed by atoms with Crippen molar-refractivity contribution in [3.05, 3.63) is 11.6 Å². The Morgan fingerprint density at radius 3 is 2.62 bits per heavy atom. The zero-order chi connectivity index (χ0) is 17.7. The van der Waals surface area contributed by atoms with E-state index < -0.39 is 6.09 Å². The van der Waals surface area contributed by atoms with Crippen molar-refractivity contribution in [3.63, 3.8) is 0 Å². The number of aromatic nitrogens is 3. The predicted octanol–water partition coefficient (Wildman–Crippen LogP) is 3.31. The van der Waals surface area contributed by atoms with Crippen molar-refractivity contribution in [2.75, 3.05) is 30.5 Å². The normalized spacial score (nSPS) is 16.6. The Bertz CT molecular complexity index is 556. The summed E-state index contributed by atoms with van der Waals surface area (Å²) in [4.78, 5) is 12.5. The van der Waals surface area contributed by atoms with Gasteiger partial charge in [-0.1, -0.05) is 13.8 Å². The van der Waals surface area contributed by atoms with E-state index in [1.807, 2.05) is 18.8 Å². The largest absolute Gasteiger partial charge is 0.465 e. The maximum Gasteiger partial charge on any atom is 0.407 e. The number of likely N-dealkylation sites (tertiary alicyclic amines) is 1. The molecule has 0 unspecified atom stereocenters. The molecule has 1 amide bonds. The van der Waals surface area contributed by atoms with Gasteiger partial charge in [0.2, 0.25) is 0 Å². The highest BCUT2D eigenvalue weighted by atomic mass is 35.5. The number of carboxylic acid groups (broad SMARTS) is 1. The molecule has 0 spiro atoms. The highest BCUT2D eigenvalue weighted by Crippen LogP contribution is 2.31. The minimum atomic E-state index is -0.831. The van der Waals surface area contributed by atoms with E-state index in [2.05, 4.69) is 28.6 Å². The third-order valence-electron chi connectivity index (χ3n) is 4.53. The lowest BCUT2D eigenvalue weighted by molar-refractivity contribution is 0.131. The minimum Gasteiger partial charge on any atom is -0.465 e. The summed E-state index contributed by atoms with van der Waals surface area (Å²) in [6, 6.07) is 0. The third-order valence-corrected chi connectivity index (χ3v) is 6.30. The van der Waals surface area contributed by atoms with Crippen molar-refractivity contribution in [2.24, 2.45) is 7.05 Å². The molecule has 1 fully saturated rings. The van der Waals surface area contributed by atoms with E-state index >= 15 is 0 Å². The fourth-order valence-electron chi connectivity index (χ4n) is 3.16. The molecule has 1 N–H and O–H groups in total. The third kappa shape index (κ3) is 4.57. The second kappa shape index (κ2) is 8.43. The molecule has 2 rings (SSSR count). The van der Waals surface area contributed by atoms with Gasteiger partial charge in [0, 0.05) is 43.1 Å². The maximum absolute atomic E-state index is 11.0. The zero-order valence-electron chi connectivity index (χ0n) is 14.7. The second-order valence-electron chi connectivity index (χ2n) is 6.96. The van der Waals surface area contributed by atoms with Gasteiger partial charge >= 0.3 is 6.09 Å². The van der Waals surface area contributed by atoms with Crippen LogP contribution < -0.4 is 0 Å². The first kappa shape index (κ1) is 19.4. The molecule has 0 aliphatic carbocycles. The summed E-state index contributed by atoms with van der Waals surface area (Å²) in [6.07, 6.45) is 1.81. The summed E-state index contributed by atoms with van der Waals surface area (Å²) < 4.78 is 2.11. The van der Waals surface area contributed by atoms with Crippen LogP contribution in [0.15, 0.2) is 0 Å². The standard InChI is InChI=1S/C16H27ClN4O2S/c1-16(2,11-24-10-4-7-17)14-19-18-13(20(14)3)12-5-8-21(9-6-12)15(22)23/h12H,4-11H2,1-3H3,(H,22,23). The number of alkyl halides is 1. The van der Waals surface area contributed by atoms with Gasteiger partial charge in [0.1, 0.15) is 11.6 Å². The molecule has 0 saturated carbocycles. The number of nitrogens with zero attached hydrogens (tertiary/aromatic N) is 4. The topological polar surface area (TPSA) is 71.2 Å². The van der Waals surface area contributed by atoms with Crippen molar-refractivity contribution in [1.82, 2.24) is 19.7 Å². The van der Waals surface area contributed by atoms with Crippen molar-refractivity contribution in [2.45, 2.75) is 44.4 Å². The molecule has 0 bridgehead atoms. The summed E-state index contributed by atoms with van der Waals surface area (Å²) >= 11 is 7.63. The van der Waals surface area contributed by atoms with Crippen molar-refractivity contribution in [3.8, 4) is 0 Å². The number of piperidine rings is 1. The van der Waals surface area contributed by atoms with Crippen LogP contribution in [0, 0.1) is 0 Å². The van der Waals surface area contributed by atoms with Crippen LogP contribution in [0.4, 0.5) is 4.79 Å². The number of amides is 1. The molecule has 136 valence electrons. The van der Waals surface area contributed by atoms with Crippen LogP contribution in [0.1, 0.15) is 50.7 Å². The monoisotopic (exact) mass is 374 g/mol. The van der Waals surface area contributed by atoms with Gasteiger partial charge in [-0.05, 0) is 25.0 Å². The molecule has 0 radical (unpaired) electrons. The lowest BCUT2D eigenvalue weighted by atomic mass is 9.94. The Morgan fingerprint density at radius 1 is 1.38 bits per heavy atom. The maximum atomic E-state index is 11.0. The highest BCUT2D eigenvalue weighted by molar-refractivity contribution is 7.99. The molecule has 0 atom stereocenters. The van der Waals surface area contributed by atoms with Crippen LogP contribution in [0.25, 0.3) is 0 Å².